The molecule has 138 valence electrons. The average molecular weight is 384 g/mol. The fourth-order valence-corrected chi connectivity index (χ4v) is 3.39. The summed E-state index contributed by atoms with van der Waals surface area (Å²) in [6.45, 7) is 0. The first kappa shape index (κ1) is 18.5. The van der Waals surface area contributed by atoms with E-state index >= 15 is 0 Å². The highest BCUT2D eigenvalue weighted by Crippen LogP contribution is 2.37. The van der Waals surface area contributed by atoms with Crippen LogP contribution in [0.15, 0.2) is 64.5 Å². The Morgan fingerprint density at radius 3 is 2.44 bits per heavy atom. The number of nitrogens with zero attached hydrogens (tertiary/aromatic N) is 2. The number of anilines is 1. The van der Waals surface area contributed by atoms with Crippen LogP contribution in [0.3, 0.4) is 0 Å². The van der Waals surface area contributed by atoms with Crippen molar-refractivity contribution in [2.24, 2.45) is 4.99 Å². The molecular weight excluding hydrogens is 368 g/mol. The number of carbonyl (C=O) groups is 2. The van der Waals surface area contributed by atoms with Crippen molar-refractivity contribution >= 4 is 40.2 Å². The number of carbonyl (C=O) groups excluding carboxylic acids is 1. The zero-order valence-corrected chi connectivity index (χ0v) is 15.4. The van der Waals surface area contributed by atoms with Gasteiger partial charge in [-0.05, 0) is 36.0 Å². The second kappa shape index (κ2) is 7.96. The molecule has 8 heteroatoms. The fraction of sp³-hybridized carbons (Fsp3) is 0.105. The quantitative estimate of drug-likeness (QED) is 0.795. The van der Waals surface area contributed by atoms with Crippen LogP contribution >= 0.6 is 11.8 Å². The van der Waals surface area contributed by atoms with Crippen molar-refractivity contribution in [1.29, 1.82) is 0 Å². The Labute approximate surface area is 159 Å². The third kappa shape index (κ3) is 4.12. The molecule has 0 aromatic heterocycles. The number of ether oxygens (including phenoxy) is 2. The second-order valence-corrected chi connectivity index (χ2v) is 6.40. The molecular formula is C19H16N2O5S. The highest BCUT2D eigenvalue weighted by Gasteiger charge is 2.35. The fourth-order valence-electron chi connectivity index (χ4n) is 2.43. The van der Waals surface area contributed by atoms with Crippen LogP contribution in [-0.4, -0.2) is 36.4 Å². The van der Waals surface area contributed by atoms with E-state index in [-0.39, 0.29) is 4.91 Å². The molecule has 0 bridgehead atoms. The Hall–Kier alpha value is -3.26. The van der Waals surface area contributed by atoms with Crippen LogP contribution in [0.25, 0.3) is 0 Å². The molecule has 7 nitrogen and oxygen atoms in total. The highest BCUT2D eigenvalue weighted by molar-refractivity contribution is 8.19. The number of aliphatic carboxylic acids is 1. The van der Waals surface area contributed by atoms with Crippen molar-refractivity contribution in [3.05, 3.63) is 59.5 Å². The number of carboxylic acids is 1. The lowest BCUT2D eigenvalue weighted by Crippen LogP contribution is -2.28. The van der Waals surface area contributed by atoms with Gasteiger partial charge in [0.2, 0.25) is 0 Å². The summed E-state index contributed by atoms with van der Waals surface area (Å²) in [6, 6.07) is 14.0. The number of carboxylic acid groups (broad SMARTS) is 1. The number of amidine groups is 1. The zero-order valence-electron chi connectivity index (χ0n) is 14.6. The normalized spacial score (nSPS) is 16.8. The van der Waals surface area contributed by atoms with E-state index in [1.54, 1.807) is 55.6 Å². The van der Waals surface area contributed by atoms with Crippen LogP contribution in [0.2, 0.25) is 0 Å². The first-order valence-corrected chi connectivity index (χ1v) is 8.67. The molecule has 1 aliphatic heterocycles. The van der Waals surface area contributed by atoms with Crippen LogP contribution in [0, 0.1) is 0 Å². The van der Waals surface area contributed by atoms with Crippen LogP contribution in [-0.2, 0) is 9.59 Å². The van der Waals surface area contributed by atoms with Crippen molar-refractivity contribution in [1.82, 2.24) is 0 Å². The number of rotatable bonds is 5. The molecule has 0 radical (unpaired) electrons. The molecule has 1 heterocycles. The number of thioether (sulfide) groups is 1. The number of benzene rings is 2. The van der Waals surface area contributed by atoms with E-state index in [1.165, 1.54) is 12.0 Å². The molecule has 1 N–H and O–H groups in total. The van der Waals surface area contributed by atoms with Gasteiger partial charge in [-0.3, -0.25) is 9.69 Å². The molecule has 0 saturated carbocycles. The van der Waals surface area contributed by atoms with E-state index in [0.29, 0.717) is 28.0 Å². The van der Waals surface area contributed by atoms with Crippen LogP contribution in [0.1, 0.15) is 0 Å². The Morgan fingerprint density at radius 2 is 1.78 bits per heavy atom. The molecule has 27 heavy (non-hydrogen) atoms. The van der Waals surface area contributed by atoms with Gasteiger partial charge < -0.3 is 14.6 Å². The van der Waals surface area contributed by atoms with E-state index < -0.39 is 11.9 Å². The maximum atomic E-state index is 12.8. The Balaban J connectivity index is 2.08. The van der Waals surface area contributed by atoms with E-state index in [4.69, 9.17) is 14.6 Å². The molecule has 0 atom stereocenters. The molecule has 0 spiro atoms. The van der Waals surface area contributed by atoms with Gasteiger partial charge in [0.15, 0.2) is 5.17 Å². The first-order chi connectivity index (χ1) is 13.0. The van der Waals surface area contributed by atoms with E-state index in [0.717, 1.165) is 17.8 Å². The van der Waals surface area contributed by atoms with E-state index in [2.05, 4.69) is 4.99 Å². The number of amides is 1. The number of hydrogen-bond acceptors (Lipinski definition) is 6. The minimum Gasteiger partial charge on any atom is -0.497 e. The molecule has 2 aromatic rings. The minimum absolute atomic E-state index is 0.0759. The maximum absolute atomic E-state index is 12.8. The van der Waals surface area contributed by atoms with Gasteiger partial charge in [-0.15, -0.1) is 0 Å². The Bertz CT molecular complexity index is 955. The number of methoxy groups -OCH3 is 2. The van der Waals surface area contributed by atoms with Gasteiger partial charge in [0.1, 0.15) is 11.5 Å². The van der Waals surface area contributed by atoms with Crippen LogP contribution in [0.4, 0.5) is 11.4 Å². The zero-order chi connectivity index (χ0) is 19.4. The van der Waals surface area contributed by atoms with Crippen molar-refractivity contribution in [3.63, 3.8) is 0 Å². The lowest BCUT2D eigenvalue weighted by atomic mass is 10.2. The van der Waals surface area contributed by atoms with Crippen LogP contribution < -0.4 is 14.4 Å². The molecule has 2 aromatic carbocycles. The molecule has 1 amide bonds. The summed E-state index contributed by atoms with van der Waals surface area (Å²) in [7, 11) is 3.08. The standard InChI is InChI=1S/C19H16N2O5S/c1-25-14-7-3-5-12(9-14)20-19-21(13-6-4-8-15(10-13)26-2)18(24)16(27-19)11-17(22)23/h3-11H,1-2H3,(H,22,23)/b16-11-,20-19?. The Morgan fingerprint density at radius 1 is 1.11 bits per heavy atom. The summed E-state index contributed by atoms with van der Waals surface area (Å²) in [4.78, 5) is 29.8. The van der Waals surface area contributed by atoms with Gasteiger partial charge >= 0.3 is 5.97 Å². The van der Waals surface area contributed by atoms with Crippen molar-refractivity contribution in [3.8, 4) is 11.5 Å². The van der Waals surface area contributed by atoms with Gasteiger partial charge in [-0.2, -0.15) is 0 Å². The lowest BCUT2D eigenvalue weighted by Gasteiger charge is -2.16. The lowest BCUT2D eigenvalue weighted by molar-refractivity contribution is -0.131. The third-order valence-electron chi connectivity index (χ3n) is 3.65. The SMILES string of the molecule is COc1cccc(N=C2S/C(=C\C(=O)O)C(=O)N2c2cccc(OC)c2)c1. The summed E-state index contributed by atoms with van der Waals surface area (Å²) < 4.78 is 10.4. The first-order valence-electron chi connectivity index (χ1n) is 7.85. The van der Waals surface area contributed by atoms with Gasteiger partial charge in [0.05, 0.1) is 30.5 Å². The van der Waals surface area contributed by atoms with Crippen LogP contribution in [0.5, 0.6) is 11.5 Å². The van der Waals surface area contributed by atoms with Crippen molar-refractivity contribution in [2.45, 2.75) is 0 Å². The molecule has 0 unspecified atom stereocenters. The van der Waals surface area contributed by atoms with E-state index in [1.807, 2.05) is 0 Å². The van der Waals surface area contributed by atoms with Gasteiger partial charge in [0.25, 0.3) is 5.91 Å². The van der Waals surface area contributed by atoms with Gasteiger partial charge in [0, 0.05) is 18.2 Å². The van der Waals surface area contributed by atoms with Gasteiger partial charge in [-0.1, -0.05) is 12.1 Å². The summed E-state index contributed by atoms with van der Waals surface area (Å²) in [5.74, 6) is -0.460. The third-order valence-corrected chi connectivity index (χ3v) is 4.62. The highest BCUT2D eigenvalue weighted by atomic mass is 32.2. The van der Waals surface area contributed by atoms with E-state index in [9.17, 15) is 9.59 Å². The predicted octanol–water partition coefficient (Wildman–Crippen LogP) is 3.44. The molecule has 1 fully saturated rings. The van der Waals surface area contributed by atoms with Crippen molar-refractivity contribution in [2.75, 3.05) is 19.1 Å². The molecule has 0 aliphatic carbocycles. The predicted molar refractivity (Wildman–Crippen MR) is 104 cm³/mol. The van der Waals surface area contributed by atoms with Crippen molar-refractivity contribution < 1.29 is 24.2 Å². The monoisotopic (exact) mass is 384 g/mol. The summed E-state index contributed by atoms with van der Waals surface area (Å²) in [5.41, 5.74) is 1.11. The molecule has 1 aliphatic rings. The molecule has 1 saturated heterocycles. The number of hydrogen-bond donors (Lipinski definition) is 1. The molecule has 3 rings (SSSR count). The Kier molecular flexibility index (Phi) is 5.46. The average Bonchev–Trinajstić information content (AvgIpc) is 2.96. The summed E-state index contributed by atoms with van der Waals surface area (Å²) in [6.07, 6.45) is 0.883. The summed E-state index contributed by atoms with van der Waals surface area (Å²) in [5, 5.41) is 9.38. The maximum Gasteiger partial charge on any atom is 0.329 e. The largest absolute Gasteiger partial charge is 0.497 e. The summed E-state index contributed by atoms with van der Waals surface area (Å²) >= 11 is 0.997. The second-order valence-electron chi connectivity index (χ2n) is 5.39. The number of aliphatic imine (C=N–C) groups is 1. The topological polar surface area (TPSA) is 88.4 Å². The van der Waals surface area contributed by atoms with Gasteiger partial charge in [-0.25, -0.2) is 9.79 Å². The minimum atomic E-state index is -1.20. The smallest absolute Gasteiger partial charge is 0.329 e.